The van der Waals surface area contributed by atoms with E-state index in [9.17, 15) is 9.59 Å². The van der Waals surface area contributed by atoms with E-state index in [1.54, 1.807) is 17.3 Å². The average molecular weight is 530 g/mol. The second-order valence-electron chi connectivity index (χ2n) is 11.2. The van der Waals surface area contributed by atoms with Crippen molar-refractivity contribution in [2.75, 3.05) is 7.05 Å². The number of hydrogen-bond acceptors (Lipinski definition) is 6. The third-order valence-corrected chi connectivity index (χ3v) is 7.42. The highest BCUT2D eigenvalue weighted by molar-refractivity contribution is 7.13. The van der Waals surface area contributed by atoms with E-state index >= 15 is 0 Å². The Morgan fingerprint density at radius 1 is 1.03 bits per heavy atom. The van der Waals surface area contributed by atoms with E-state index in [-0.39, 0.29) is 5.78 Å². The summed E-state index contributed by atoms with van der Waals surface area (Å²) in [6.45, 7) is 13.7. The largest absolute Gasteiger partial charge is 0.415 e. The van der Waals surface area contributed by atoms with Crippen molar-refractivity contribution in [3.05, 3.63) is 64.8 Å². The van der Waals surface area contributed by atoms with Crippen LogP contribution < -0.4 is 4.74 Å². The van der Waals surface area contributed by atoms with Crippen molar-refractivity contribution in [1.82, 2.24) is 14.9 Å². The maximum atomic E-state index is 13.4. The molecule has 0 atom stereocenters. The Hall–Kier alpha value is -3.58. The standard InChI is InChI=1S/C31H35N3O3S/c1-18(2)15-25-28(37-30(36)34(8)31(5,6)7)27(21-11-9-19(3)10-12-21)23-16-22(13-14-24(23)32-25)29-33-26(17-38-29)20(4)35/h9-14,16-18H,15H2,1-8H3. The first-order chi connectivity index (χ1) is 17.8. The van der Waals surface area contributed by atoms with Gasteiger partial charge >= 0.3 is 6.09 Å². The van der Waals surface area contributed by atoms with Crippen LogP contribution in [0, 0.1) is 12.8 Å². The number of nitrogens with zero attached hydrogens (tertiary/aromatic N) is 3. The fourth-order valence-corrected chi connectivity index (χ4v) is 4.93. The lowest BCUT2D eigenvalue weighted by Gasteiger charge is -2.31. The Balaban J connectivity index is 2.00. The molecule has 0 bridgehead atoms. The summed E-state index contributed by atoms with van der Waals surface area (Å²) < 4.78 is 6.21. The molecule has 0 radical (unpaired) electrons. The number of Topliss-reactive ketones (excluding diaryl/α,β-unsaturated/α-hetero) is 1. The van der Waals surface area contributed by atoms with E-state index in [2.05, 4.69) is 43.1 Å². The van der Waals surface area contributed by atoms with E-state index in [1.165, 1.54) is 18.3 Å². The number of hydrogen-bond donors (Lipinski definition) is 0. The summed E-state index contributed by atoms with van der Waals surface area (Å²) in [6, 6.07) is 14.2. The van der Waals surface area contributed by atoms with Crippen molar-refractivity contribution in [3.8, 4) is 27.4 Å². The summed E-state index contributed by atoms with van der Waals surface area (Å²) in [5.41, 5.74) is 5.39. The molecule has 1 amide bonds. The zero-order chi connectivity index (χ0) is 27.8. The lowest BCUT2D eigenvalue weighted by atomic mass is 9.94. The van der Waals surface area contributed by atoms with E-state index in [4.69, 9.17) is 9.72 Å². The highest BCUT2D eigenvalue weighted by Gasteiger charge is 2.28. The van der Waals surface area contributed by atoms with Crippen LogP contribution in [-0.2, 0) is 6.42 Å². The van der Waals surface area contributed by atoms with Crippen LogP contribution in [0.5, 0.6) is 5.75 Å². The maximum Gasteiger partial charge on any atom is 0.415 e. The number of fused-ring (bicyclic) bond motifs is 1. The molecule has 0 spiro atoms. The van der Waals surface area contributed by atoms with Crippen LogP contribution in [-0.4, -0.2) is 39.3 Å². The van der Waals surface area contributed by atoms with Crippen LogP contribution >= 0.6 is 11.3 Å². The molecule has 4 rings (SSSR count). The molecule has 0 N–H and O–H groups in total. The number of thiazole rings is 1. The van der Waals surface area contributed by atoms with Crippen LogP contribution in [0.1, 0.15) is 63.3 Å². The van der Waals surface area contributed by atoms with Crippen LogP contribution in [0.3, 0.4) is 0 Å². The van der Waals surface area contributed by atoms with E-state index < -0.39 is 11.6 Å². The fraction of sp³-hybridized carbons (Fsp3) is 0.355. The predicted octanol–water partition coefficient (Wildman–Crippen LogP) is 7.96. The number of amides is 1. The van der Waals surface area contributed by atoms with E-state index in [0.717, 1.165) is 43.9 Å². The summed E-state index contributed by atoms with van der Waals surface area (Å²) in [6.07, 6.45) is 0.228. The molecule has 2 aromatic carbocycles. The number of carbonyl (C=O) groups excluding carboxylic acids is 2. The monoisotopic (exact) mass is 529 g/mol. The van der Waals surface area contributed by atoms with Crippen molar-refractivity contribution in [3.63, 3.8) is 0 Å². The maximum absolute atomic E-state index is 13.4. The van der Waals surface area contributed by atoms with Gasteiger partial charge in [-0.05, 0) is 63.8 Å². The molecule has 0 fully saturated rings. The summed E-state index contributed by atoms with van der Waals surface area (Å²) in [4.78, 5) is 36.3. The highest BCUT2D eigenvalue weighted by Crippen LogP contribution is 2.41. The van der Waals surface area contributed by atoms with Gasteiger partial charge in [0.1, 0.15) is 10.7 Å². The first-order valence-corrected chi connectivity index (χ1v) is 13.7. The lowest BCUT2D eigenvalue weighted by Crippen LogP contribution is -2.44. The van der Waals surface area contributed by atoms with Gasteiger partial charge in [0.25, 0.3) is 0 Å². The van der Waals surface area contributed by atoms with E-state index in [1.807, 2.05) is 45.9 Å². The molecule has 2 aromatic heterocycles. The fourth-order valence-electron chi connectivity index (χ4n) is 4.07. The van der Waals surface area contributed by atoms with Gasteiger partial charge in [0.15, 0.2) is 11.5 Å². The Morgan fingerprint density at radius 3 is 2.26 bits per heavy atom. The quantitative estimate of drug-likeness (QED) is 0.237. The Morgan fingerprint density at radius 2 is 1.68 bits per heavy atom. The third kappa shape index (κ3) is 5.78. The van der Waals surface area contributed by atoms with Gasteiger partial charge in [0.05, 0.1) is 11.2 Å². The molecule has 0 unspecified atom stereocenters. The first kappa shape index (κ1) is 27.5. The van der Waals surface area contributed by atoms with Crippen molar-refractivity contribution < 1.29 is 14.3 Å². The molecule has 198 valence electrons. The summed E-state index contributed by atoms with van der Waals surface area (Å²) in [5, 5.41) is 3.39. The van der Waals surface area contributed by atoms with Gasteiger partial charge in [0, 0.05) is 41.4 Å². The number of pyridine rings is 1. The smallest absolute Gasteiger partial charge is 0.408 e. The highest BCUT2D eigenvalue weighted by atomic mass is 32.1. The molecule has 2 heterocycles. The molecule has 7 heteroatoms. The van der Waals surface area contributed by atoms with Gasteiger partial charge in [-0.25, -0.2) is 14.8 Å². The second kappa shape index (κ2) is 10.7. The molecule has 0 aliphatic carbocycles. The topological polar surface area (TPSA) is 72.4 Å². The second-order valence-corrected chi connectivity index (χ2v) is 12.0. The number of ether oxygens (including phenoxy) is 1. The number of benzene rings is 2. The van der Waals surface area contributed by atoms with Gasteiger partial charge in [0.2, 0.25) is 0 Å². The molecular weight excluding hydrogens is 494 g/mol. The van der Waals surface area contributed by atoms with Crippen LogP contribution in [0.25, 0.3) is 32.6 Å². The SMILES string of the molecule is CC(=O)c1csc(-c2ccc3nc(CC(C)C)c(OC(=O)N(C)C(C)(C)C)c(-c4ccc(C)cc4)c3c2)n1. The van der Waals surface area contributed by atoms with Gasteiger partial charge < -0.3 is 9.64 Å². The number of aromatic nitrogens is 2. The molecule has 0 saturated carbocycles. The summed E-state index contributed by atoms with van der Waals surface area (Å²) in [7, 11) is 1.75. The van der Waals surface area contributed by atoms with Crippen molar-refractivity contribution >= 4 is 34.1 Å². The molecular formula is C31H35N3O3S. The number of rotatable bonds is 6. The van der Waals surface area contributed by atoms with Gasteiger partial charge in [-0.15, -0.1) is 11.3 Å². The number of carbonyl (C=O) groups is 2. The number of ketones is 1. The van der Waals surface area contributed by atoms with Crippen LogP contribution in [0.2, 0.25) is 0 Å². The molecule has 6 nitrogen and oxygen atoms in total. The van der Waals surface area contributed by atoms with Gasteiger partial charge in [-0.1, -0.05) is 43.7 Å². The molecule has 0 aliphatic rings. The van der Waals surface area contributed by atoms with Crippen LogP contribution in [0.15, 0.2) is 47.8 Å². The van der Waals surface area contributed by atoms with Crippen molar-refractivity contribution in [1.29, 1.82) is 0 Å². The van der Waals surface area contributed by atoms with Crippen molar-refractivity contribution in [2.24, 2.45) is 5.92 Å². The Labute approximate surface area is 228 Å². The Bertz CT molecular complexity index is 1500. The van der Waals surface area contributed by atoms with E-state index in [0.29, 0.717) is 23.8 Å². The average Bonchev–Trinajstić information content (AvgIpc) is 3.34. The predicted molar refractivity (Wildman–Crippen MR) is 155 cm³/mol. The molecule has 0 saturated heterocycles. The normalized spacial score (nSPS) is 11.7. The van der Waals surface area contributed by atoms with Crippen molar-refractivity contribution in [2.45, 2.75) is 60.4 Å². The van der Waals surface area contributed by atoms with Gasteiger partial charge in [-0.3, -0.25) is 4.79 Å². The van der Waals surface area contributed by atoms with Gasteiger partial charge in [-0.2, -0.15) is 0 Å². The zero-order valence-electron chi connectivity index (χ0n) is 23.4. The zero-order valence-corrected chi connectivity index (χ0v) is 24.2. The number of aryl methyl sites for hydroxylation is 1. The minimum Gasteiger partial charge on any atom is -0.408 e. The van der Waals surface area contributed by atoms with Crippen LogP contribution in [0.4, 0.5) is 4.79 Å². The minimum absolute atomic E-state index is 0.0641. The third-order valence-electron chi connectivity index (χ3n) is 6.53. The molecule has 38 heavy (non-hydrogen) atoms. The Kier molecular flexibility index (Phi) is 7.70. The lowest BCUT2D eigenvalue weighted by molar-refractivity contribution is 0.101. The summed E-state index contributed by atoms with van der Waals surface area (Å²) >= 11 is 1.43. The summed E-state index contributed by atoms with van der Waals surface area (Å²) in [5.74, 6) is 0.728. The minimum atomic E-state index is -0.431. The molecule has 0 aliphatic heterocycles. The molecule has 4 aromatic rings. The first-order valence-electron chi connectivity index (χ1n) is 12.8.